The maximum absolute atomic E-state index is 13.6. The second-order valence-corrected chi connectivity index (χ2v) is 6.76. The molecular formula is C22H18ClFN4. The van der Waals surface area contributed by atoms with E-state index in [1.54, 1.807) is 18.5 Å². The Balaban J connectivity index is 1.90. The van der Waals surface area contributed by atoms with Crippen LogP contribution in [0.1, 0.15) is 36.3 Å². The molecule has 0 aliphatic carbocycles. The SMILES string of the molecule is CCC1=C(c2ccccn2)NC(c2ccccn2)=NC1c1ccc(F)cc1Cl. The normalized spacial score (nSPS) is 16.5. The highest BCUT2D eigenvalue weighted by atomic mass is 35.5. The summed E-state index contributed by atoms with van der Waals surface area (Å²) in [4.78, 5) is 13.8. The topological polar surface area (TPSA) is 50.2 Å². The Morgan fingerprint density at radius 3 is 2.32 bits per heavy atom. The fourth-order valence-corrected chi connectivity index (χ4v) is 3.57. The van der Waals surface area contributed by atoms with Gasteiger partial charge in [-0.1, -0.05) is 36.7 Å². The number of rotatable bonds is 4. The van der Waals surface area contributed by atoms with E-state index in [1.165, 1.54) is 12.1 Å². The quantitative estimate of drug-likeness (QED) is 0.665. The van der Waals surface area contributed by atoms with Gasteiger partial charge in [0.15, 0.2) is 5.84 Å². The van der Waals surface area contributed by atoms with Crippen molar-refractivity contribution in [3.05, 3.63) is 100 Å². The zero-order chi connectivity index (χ0) is 19.5. The third-order valence-electron chi connectivity index (χ3n) is 4.62. The van der Waals surface area contributed by atoms with Gasteiger partial charge in [0.05, 0.1) is 11.4 Å². The van der Waals surface area contributed by atoms with Gasteiger partial charge in [-0.2, -0.15) is 0 Å². The summed E-state index contributed by atoms with van der Waals surface area (Å²) in [5.41, 5.74) is 4.19. The number of hydrogen-bond donors (Lipinski definition) is 1. The molecule has 4 nitrogen and oxygen atoms in total. The molecule has 0 saturated heterocycles. The van der Waals surface area contributed by atoms with Crippen LogP contribution in [-0.2, 0) is 0 Å². The fourth-order valence-electron chi connectivity index (χ4n) is 3.30. The zero-order valence-corrected chi connectivity index (χ0v) is 16.0. The minimum Gasteiger partial charge on any atom is -0.337 e. The molecular weight excluding hydrogens is 375 g/mol. The second-order valence-electron chi connectivity index (χ2n) is 6.35. The fraction of sp³-hybridized carbons (Fsp3) is 0.136. The van der Waals surface area contributed by atoms with E-state index in [1.807, 2.05) is 36.4 Å². The number of amidine groups is 1. The molecule has 1 aliphatic heterocycles. The lowest BCUT2D eigenvalue weighted by Gasteiger charge is -2.28. The van der Waals surface area contributed by atoms with Crippen LogP contribution < -0.4 is 5.32 Å². The molecule has 4 rings (SSSR count). The number of hydrogen-bond acceptors (Lipinski definition) is 4. The third kappa shape index (κ3) is 3.53. The molecule has 2 aromatic heterocycles. The Hall–Kier alpha value is -3.05. The Morgan fingerprint density at radius 1 is 1.00 bits per heavy atom. The molecule has 0 spiro atoms. The molecule has 140 valence electrons. The molecule has 0 radical (unpaired) electrons. The first-order valence-electron chi connectivity index (χ1n) is 9.03. The molecule has 0 saturated carbocycles. The van der Waals surface area contributed by atoms with Crippen LogP contribution in [0.5, 0.6) is 0 Å². The standard InChI is InChI=1S/C22H18ClFN4/c1-2-15-20(16-10-9-14(24)13-17(16)23)27-22(19-8-4-6-12-26-19)28-21(15)18-7-3-5-11-25-18/h3-13,20H,2H2,1H3,(H,27,28). The van der Waals surface area contributed by atoms with E-state index in [9.17, 15) is 4.39 Å². The highest BCUT2D eigenvalue weighted by molar-refractivity contribution is 6.31. The van der Waals surface area contributed by atoms with Gasteiger partial charge in [0, 0.05) is 17.4 Å². The van der Waals surface area contributed by atoms with Gasteiger partial charge in [-0.25, -0.2) is 4.39 Å². The largest absolute Gasteiger partial charge is 0.337 e. The maximum atomic E-state index is 13.6. The summed E-state index contributed by atoms with van der Waals surface area (Å²) >= 11 is 6.39. The monoisotopic (exact) mass is 392 g/mol. The number of halogens is 2. The van der Waals surface area contributed by atoms with Crippen LogP contribution in [0.3, 0.4) is 0 Å². The van der Waals surface area contributed by atoms with Crippen molar-refractivity contribution < 1.29 is 4.39 Å². The molecule has 28 heavy (non-hydrogen) atoms. The lowest BCUT2D eigenvalue weighted by Crippen LogP contribution is -2.31. The summed E-state index contributed by atoms with van der Waals surface area (Å²) in [6, 6.07) is 15.5. The summed E-state index contributed by atoms with van der Waals surface area (Å²) < 4.78 is 13.6. The predicted molar refractivity (Wildman–Crippen MR) is 110 cm³/mol. The van der Waals surface area contributed by atoms with Crippen molar-refractivity contribution in [1.82, 2.24) is 15.3 Å². The summed E-state index contributed by atoms with van der Waals surface area (Å²) in [5, 5.41) is 3.75. The number of nitrogens with zero attached hydrogens (tertiary/aromatic N) is 3. The van der Waals surface area contributed by atoms with Crippen LogP contribution in [0, 0.1) is 5.82 Å². The van der Waals surface area contributed by atoms with E-state index in [4.69, 9.17) is 16.6 Å². The van der Waals surface area contributed by atoms with Crippen LogP contribution in [0.2, 0.25) is 5.02 Å². The summed E-state index contributed by atoms with van der Waals surface area (Å²) in [7, 11) is 0. The van der Waals surface area contributed by atoms with Gasteiger partial charge in [-0.3, -0.25) is 15.0 Å². The second kappa shape index (κ2) is 7.90. The van der Waals surface area contributed by atoms with Crippen LogP contribution in [0.25, 0.3) is 5.70 Å². The first kappa shape index (κ1) is 18.3. The van der Waals surface area contributed by atoms with Gasteiger partial charge < -0.3 is 5.32 Å². The van der Waals surface area contributed by atoms with Crippen molar-refractivity contribution in [3.8, 4) is 0 Å². The number of aromatic nitrogens is 2. The average Bonchev–Trinajstić information content (AvgIpc) is 2.74. The molecule has 0 bridgehead atoms. The Kier molecular flexibility index (Phi) is 5.17. The van der Waals surface area contributed by atoms with Crippen LogP contribution in [0.4, 0.5) is 4.39 Å². The highest BCUT2D eigenvalue weighted by Gasteiger charge is 2.28. The van der Waals surface area contributed by atoms with Gasteiger partial charge in [-0.05, 0) is 54.0 Å². The minimum atomic E-state index is -0.372. The third-order valence-corrected chi connectivity index (χ3v) is 4.95. The van der Waals surface area contributed by atoms with Crippen molar-refractivity contribution in [3.63, 3.8) is 0 Å². The summed E-state index contributed by atoms with van der Waals surface area (Å²) in [6.45, 7) is 2.06. The van der Waals surface area contributed by atoms with Gasteiger partial charge in [0.1, 0.15) is 17.6 Å². The molecule has 3 heterocycles. The molecule has 1 aromatic carbocycles. The lowest BCUT2D eigenvalue weighted by molar-refractivity contribution is 0.626. The van der Waals surface area contributed by atoms with E-state index in [0.29, 0.717) is 16.6 Å². The maximum Gasteiger partial charge on any atom is 0.152 e. The minimum absolute atomic E-state index is 0.349. The van der Waals surface area contributed by atoms with E-state index >= 15 is 0 Å². The Bertz CT molecular complexity index is 1050. The van der Waals surface area contributed by atoms with Crippen molar-refractivity contribution in [2.75, 3.05) is 0 Å². The number of nitrogens with one attached hydrogen (secondary N) is 1. The molecule has 1 unspecified atom stereocenters. The van der Waals surface area contributed by atoms with Crippen molar-refractivity contribution >= 4 is 23.1 Å². The zero-order valence-electron chi connectivity index (χ0n) is 15.2. The summed E-state index contributed by atoms with van der Waals surface area (Å²) in [5.74, 6) is 0.257. The van der Waals surface area contributed by atoms with Crippen molar-refractivity contribution in [2.45, 2.75) is 19.4 Å². The first-order valence-corrected chi connectivity index (χ1v) is 9.40. The van der Waals surface area contributed by atoms with E-state index in [0.717, 1.165) is 28.9 Å². The predicted octanol–water partition coefficient (Wildman–Crippen LogP) is 5.18. The van der Waals surface area contributed by atoms with Crippen molar-refractivity contribution in [1.29, 1.82) is 0 Å². The Labute approximate surface area is 167 Å². The molecule has 0 amide bonds. The smallest absolute Gasteiger partial charge is 0.152 e. The highest BCUT2D eigenvalue weighted by Crippen LogP contribution is 2.39. The number of aliphatic imine (C=N–C) groups is 1. The van der Waals surface area contributed by atoms with Crippen LogP contribution >= 0.6 is 11.6 Å². The lowest BCUT2D eigenvalue weighted by atomic mass is 9.92. The first-order chi connectivity index (χ1) is 13.7. The van der Waals surface area contributed by atoms with E-state index in [-0.39, 0.29) is 11.9 Å². The molecule has 6 heteroatoms. The molecule has 1 atom stereocenters. The van der Waals surface area contributed by atoms with Crippen LogP contribution in [-0.4, -0.2) is 15.8 Å². The van der Waals surface area contributed by atoms with E-state index < -0.39 is 0 Å². The van der Waals surface area contributed by atoms with Gasteiger partial charge in [0.2, 0.25) is 0 Å². The van der Waals surface area contributed by atoms with Crippen molar-refractivity contribution in [2.24, 2.45) is 4.99 Å². The molecule has 3 aromatic rings. The average molecular weight is 393 g/mol. The number of pyridine rings is 2. The van der Waals surface area contributed by atoms with Gasteiger partial charge >= 0.3 is 0 Å². The molecule has 1 aliphatic rings. The van der Waals surface area contributed by atoms with Gasteiger partial charge in [-0.15, -0.1) is 0 Å². The van der Waals surface area contributed by atoms with Gasteiger partial charge in [0.25, 0.3) is 0 Å². The Morgan fingerprint density at radius 2 is 1.71 bits per heavy atom. The van der Waals surface area contributed by atoms with Crippen LogP contribution in [0.15, 0.2) is 77.6 Å². The molecule has 0 fully saturated rings. The van der Waals surface area contributed by atoms with E-state index in [2.05, 4.69) is 22.2 Å². The molecule has 1 N–H and O–H groups in total. The summed E-state index contributed by atoms with van der Waals surface area (Å²) in [6.07, 6.45) is 4.21. The number of benzene rings is 1.